The molecule has 0 radical (unpaired) electrons. The highest BCUT2D eigenvalue weighted by molar-refractivity contribution is 5.67. The molecule has 2 aromatic carbocycles. The first-order valence-electron chi connectivity index (χ1n) is 6.53. The molecule has 0 atom stereocenters. The first-order chi connectivity index (χ1) is 9.86. The van der Waals surface area contributed by atoms with Gasteiger partial charge < -0.3 is 4.74 Å². The zero-order valence-electron chi connectivity index (χ0n) is 11.3. The zero-order valence-corrected chi connectivity index (χ0v) is 11.3. The maximum atomic E-state index is 5.17. The number of ether oxygens (including phenoxy) is 1. The molecule has 0 amide bonds. The number of aromatic nitrogens is 1. The molecule has 2 heteroatoms. The van der Waals surface area contributed by atoms with Crippen LogP contribution in [0, 0.1) is 0 Å². The number of benzene rings is 2. The quantitative estimate of drug-likeness (QED) is 0.696. The molecule has 1 heterocycles. The Bertz CT molecular complexity index is 673. The van der Waals surface area contributed by atoms with Crippen molar-refractivity contribution in [2.75, 3.05) is 7.11 Å². The van der Waals surface area contributed by atoms with Crippen LogP contribution >= 0.6 is 0 Å². The molecule has 3 aromatic rings. The van der Waals surface area contributed by atoms with Crippen molar-refractivity contribution in [1.82, 2.24) is 4.98 Å². The highest BCUT2D eigenvalue weighted by Crippen LogP contribution is 2.24. The average Bonchev–Trinajstić information content (AvgIpc) is 2.56. The fourth-order valence-electron chi connectivity index (χ4n) is 2.13. The summed E-state index contributed by atoms with van der Waals surface area (Å²) in [7, 11) is 1.67. The van der Waals surface area contributed by atoms with Gasteiger partial charge >= 0.3 is 0 Å². The van der Waals surface area contributed by atoms with E-state index in [-0.39, 0.29) is 0 Å². The molecule has 0 N–H and O–H groups in total. The van der Waals surface area contributed by atoms with Crippen LogP contribution in [0.25, 0.3) is 22.4 Å². The smallest absolute Gasteiger partial charge is 0.118 e. The van der Waals surface area contributed by atoms with Gasteiger partial charge in [0, 0.05) is 17.3 Å². The summed E-state index contributed by atoms with van der Waals surface area (Å²) in [6.07, 6.45) is 1.91. The number of rotatable bonds is 3. The molecule has 0 aliphatic heterocycles. The molecule has 0 aliphatic rings. The number of hydrogen-bond acceptors (Lipinski definition) is 2. The minimum Gasteiger partial charge on any atom is -0.497 e. The zero-order chi connectivity index (χ0) is 13.8. The van der Waals surface area contributed by atoms with Crippen molar-refractivity contribution in [2.45, 2.75) is 0 Å². The second-order valence-electron chi connectivity index (χ2n) is 4.53. The van der Waals surface area contributed by atoms with Crippen LogP contribution in [0.4, 0.5) is 0 Å². The number of hydrogen-bond donors (Lipinski definition) is 0. The van der Waals surface area contributed by atoms with Crippen LogP contribution in [0.3, 0.4) is 0 Å². The van der Waals surface area contributed by atoms with Crippen LogP contribution in [-0.4, -0.2) is 12.1 Å². The predicted octanol–water partition coefficient (Wildman–Crippen LogP) is 4.42. The van der Waals surface area contributed by atoms with Gasteiger partial charge in [-0.1, -0.05) is 48.5 Å². The van der Waals surface area contributed by atoms with Crippen LogP contribution in [0.2, 0.25) is 0 Å². The minimum atomic E-state index is 0.864. The number of methoxy groups -OCH3 is 1. The molecule has 2 nitrogen and oxygen atoms in total. The summed E-state index contributed by atoms with van der Waals surface area (Å²) in [5.74, 6) is 0.864. The normalized spacial score (nSPS) is 10.2. The van der Waals surface area contributed by atoms with E-state index in [0.29, 0.717) is 0 Å². The monoisotopic (exact) mass is 261 g/mol. The summed E-state index contributed by atoms with van der Waals surface area (Å²) < 4.78 is 5.17. The molecule has 0 aliphatic carbocycles. The molecular formula is C18H15NO. The largest absolute Gasteiger partial charge is 0.497 e. The molecule has 3 rings (SSSR count). The maximum absolute atomic E-state index is 5.17. The first-order valence-corrected chi connectivity index (χ1v) is 6.53. The van der Waals surface area contributed by atoms with E-state index in [0.717, 1.165) is 28.1 Å². The highest BCUT2D eigenvalue weighted by Gasteiger charge is 2.01. The molecule has 98 valence electrons. The Kier molecular flexibility index (Phi) is 3.46. The van der Waals surface area contributed by atoms with E-state index >= 15 is 0 Å². The molecule has 20 heavy (non-hydrogen) atoms. The summed E-state index contributed by atoms with van der Waals surface area (Å²) in [5, 5.41) is 0. The fourth-order valence-corrected chi connectivity index (χ4v) is 2.13. The lowest BCUT2D eigenvalue weighted by molar-refractivity contribution is 0.415. The molecule has 0 saturated carbocycles. The molecule has 0 spiro atoms. The van der Waals surface area contributed by atoms with E-state index in [1.807, 2.05) is 48.7 Å². The van der Waals surface area contributed by atoms with Crippen molar-refractivity contribution >= 4 is 0 Å². The lowest BCUT2D eigenvalue weighted by Gasteiger charge is -2.05. The standard InChI is InChI=1S/C18H15NO/c1-20-17-10-7-14(8-11-17)16-9-12-18(19-13-16)15-5-3-2-4-6-15/h2-13H,1H3. The third kappa shape index (κ3) is 2.54. The Morgan fingerprint density at radius 2 is 1.40 bits per heavy atom. The average molecular weight is 261 g/mol. The Morgan fingerprint density at radius 1 is 0.700 bits per heavy atom. The summed E-state index contributed by atoms with van der Waals surface area (Å²) in [6, 6.07) is 22.3. The van der Waals surface area contributed by atoms with Crippen LogP contribution in [-0.2, 0) is 0 Å². The van der Waals surface area contributed by atoms with E-state index in [9.17, 15) is 0 Å². The van der Waals surface area contributed by atoms with Gasteiger partial charge in [-0.25, -0.2) is 0 Å². The maximum Gasteiger partial charge on any atom is 0.118 e. The third-order valence-electron chi connectivity index (χ3n) is 3.26. The van der Waals surface area contributed by atoms with Crippen molar-refractivity contribution in [3.05, 3.63) is 72.9 Å². The molecular weight excluding hydrogens is 246 g/mol. The van der Waals surface area contributed by atoms with Crippen LogP contribution < -0.4 is 4.74 Å². The van der Waals surface area contributed by atoms with Crippen LogP contribution in [0.5, 0.6) is 5.75 Å². The molecule has 0 saturated heterocycles. The Hall–Kier alpha value is -2.61. The molecule has 0 unspecified atom stereocenters. The molecule has 1 aromatic heterocycles. The van der Waals surface area contributed by atoms with E-state index in [2.05, 4.69) is 29.2 Å². The number of nitrogens with zero attached hydrogens (tertiary/aromatic N) is 1. The topological polar surface area (TPSA) is 22.1 Å². The minimum absolute atomic E-state index is 0.864. The van der Waals surface area contributed by atoms with Crippen molar-refractivity contribution in [1.29, 1.82) is 0 Å². The Balaban J connectivity index is 1.89. The van der Waals surface area contributed by atoms with Gasteiger partial charge in [0.2, 0.25) is 0 Å². The summed E-state index contributed by atoms with van der Waals surface area (Å²) in [5.41, 5.74) is 4.36. The lowest BCUT2D eigenvalue weighted by atomic mass is 10.1. The summed E-state index contributed by atoms with van der Waals surface area (Å²) in [4.78, 5) is 4.54. The van der Waals surface area contributed by atoms with Gasteiger partial charge in [0.15, 0.2) is 0 Å². The van der Waals surface area contributed by atoms with E-state index in [1.165, 1.54) is 0 Å². The van der Waals surface area contributed by atoms with Gasteiger partial charge in [0.05, 0.1) is 12.8 Å². The highest BCUT2D eigenvalue weighted by atomic mass is 16.5. The SMILES string of the molecule is COc1ccc(-c2ccc(-c3ccccc3)nc2)cc1. The number of pyridine rings is 1. The molecule has 0 fully saturated rings. The van der Waals surface area contributed by atoms with Gasteiger partial charge in [-0.3, -0.25) is 4.98 Å². The van der Waals surface area contributed by atoms with Crippen molar-refractivity contribution in [2.24, 2.45) is 0 Å². The van der Waals surface area contributed by atoms with Gasteiger partial charge in [-0.05, 0) is 23.8 Å². The van der Waals surface area contributed by atoms with E-state index < -0.39 is 0 Å². The van der Waals surface area contributed by atoms with Crippen molar-refractivity contribution < 1.29 is 4.74 Å². The lowest BCUT2D eigenvalue weighted by Crippen LogP contribution is -1.86. The molecule has 0 bridgehead atoms. The Morgan fingerprint density at radius 3 is 2.00 bits per heavy atom. The third-order valence-corrected chi connectivity index (χ3v) is 3.26. The second kappa shape index (κ2) is 5.57. The first kappa shape index (κ1) is 12.4. The fraction of sp³-hybridized carbons (Fsp3) is 0.0556. The van der Waals surface area contributed by atoms with Gasteiger partial charge in [0.1, 0.15) is 5.75 Å². The second-order valence-corrected chi connectivity index (χ2v) is 4.53. The van der Waals surface area contributed by atoms with Crippen molar-refractivity contribution in [3.8, 4) is 28.1 Å². The van der Waals surface area contributed by atoms with E-state index in [4.69, 9.17) is 4.74 Å². The van der Waals surface area contributed by atoms with Crippen LogP contribution in [0.15, 0.2) is 72.9 Å². The van der Waals surface area contributed by atoms with Crippen LogP contribution in [0.1, 0.15) is 0 Å². The van der Waals surface area contributed by atoms with Gasteiger partial charge in [-0.15, -0.1) is 0 Å². The van der Waals surface area contributed by atoms with Gasteiger partial charge in [0.25, 0.3) is 0 Å². The van der Waals surface area contributed by atoms with E-state index in [1.54, 1.807) is 7.11 Å². The van der Waals surface area contributed by atoms with Crippen molar-refractivity contribution in [3.63, 3.8) is 0 Å². The summed E-state index contributed by atoms with van der Waals surface area (Å²) >= 11 is 0. The predicted molar refractivity (Wildman–Crippen MR) is 81.7 cm³/mol. The summed E-state index contributed by atoms with van der Waals surface area (Å²) in [6.45, 7) is 0. The van der Waals surface area contributed by atoms with Gasteiger partial charge in [-0.2, -0.15) is 0 Å². The Labute approximate surface area is 118 Å².